The summed E-state index contributed by atoms with van der Waals surface area (Å²) >= 11 is 0. The molecule has 27 heavy (non-hydrogen) atoms. The Morgan fingerprint density at radius 3 is 2.19 bits per heavy atom. The van der Waals surface area contributed by atoms with Gasteiger partial charge in [-0.15, -0.1) is 0 Å². The van der Waals surface area contributed by atoms with E-state index in [9.17, 15) is 18.0 Å². The number of carbonyl (C=O) groups is 1. The van der Waals surface area contributed by atoms with Crippen LogP contribution < -0.4 is 5.32 Å². The van der Waals surface area contributed by atoms with Gasteiger partial charge in [-0.2, -0.15) is 23.1 Å². The molecule has 0 fully saturated rings. The molecule has 3 aromatic rings. The van der Waals surface area contributed by atoms with Gasteiger partial charge in [0, 0.05) is 18.1 Å². The standard InChI is InChI=1S/C16H14F3N5O3/c1-8(25)22-15(2,3)13-21-12(26-24-13)10-6-4-9(5-7-10)11-20-14(27-23-11)16(17,18)19/h4-7H,1-3H3,(H,22,25). The lowest BCUT2D eigenvalue weighted by atomic mass is 10.1. The number of nitrogens with one attached hydrogen (secondary N) is 1. The molecule has 3 rings (SSSR count). The average Bonchev–Trinajstić information content (AvgIpc) is 3.23. The third kappa shape index (κ3) is 3.96. The van der Waals surface area contributed by atoms with Gasteiger partial charge in [0.25, 0.3) is 5.89 Å². The number of hydrogen-bond donors (Lipinski definition) is 1. The topological polar surface area (TPSA) is 107 Å². The zero-order chi connectivity index (χ0) is 19.8. The van der Waals surface area contributed by atoms with E-state index in [2.05, 4.69) is 30.1 Å². The number of rotatable bonds is 4. The van der Waals surface area contributed by atoms with E-state index in [1.54, 1.807) is 26.0 Å². The monoisotopic (exact) mass is 381 g/mol. The van der Waals surface area contributed by atoms with Crippen LogP contribution >= 0.6 is 0 Å². The quantitative estimate of drug-likeness (QED) is 0.740. The van der Waals surface area contributed by atoms with E-state index in [1.807, 2.05) is 0 Å². The number of carbonyl (C=O) groups excluding carboxylic acids is 1. The molecular formula is C16H14F3N5O3. The van der Waals surface area contributed by atoms with Crippen molar-refractivity contribution in [2.75, 3.05) is 0 Å². The maximum Gasteiger partial charge on any atom is 0.471 e. The van der Waals surface area contributed by atoms with Crippen molar-refractivity contribution in [2.24, 2.45) is 0 Å². The highest BCUT2D eigenvalue weighted by Crippen LogP contribution is 2.30. The Labute approximate surface area is 150 Å². The first-order valence-electron chi connectivity index (χ1n) is 7.71. The van der Waals surface area contributed by atoms with Crippen molar-refractivity contribution in [3.63, 3.8) is 0 Å². The molecule has 0 aliphatic carbocycles. The fraction of sp³-hybridized carbons (Fsp3) is 0.312. The summed E-state index contributed by atoms with van der Waals surface area (Å²) in [5.74, 6) is -1.37. The van der Waals surface area contributed by atoms with Crippen molar-refractivity contribution in [2.45, 2.75) is 32.5 Å². The minimum atomic E-state index is -4.70. The van der Waals surface area contributed by atoms with Gasteiger partial charge >= 0.3 is 12.1 Å². The highest BCUT2D eigenvalue weighted by Gasteiger charge is 2.38. The Morgan fingerprint density at radius 1 is 1.00 bits per heavy atom. The first-order chi connectivity index (χ1) is 12.6. The SMILES string of the molecule is CC(=O)NC(C)(C)c1noc(-c2ccc(-c3noc(C(F)(F)F)n3)cc2)n1. The van der Waals surface area contributed by atoms with Crippen LogP contribution in [0.25, 0.3) is 22.8 Å². The van der Waals surface area contributed by atoms with E-state index in [0.717, 1.165) is 0 Å². The smallest absolute Gasteiger partial charge is 0.344 e. The van der Waals surface area contributed by atoms with Crippen LogP contribution in [0.1, 0.15) is 32.5 Å². The van der Waals surface area contributed by atoms with Crippen LogP contribution in [-0.2, 0) is 16.5 Å². The van der Waals surface area contributed by atoms with Crippen molar-refractivity contribution < 1.29 is 27.0 Å². The number of benzene rings is 1. The van der Waals surface area contributed by atoms with Crippen molar-refractivity contribution in [1.82, 2.24) is 25.6 Å². The summed E-state index contributed by atoms with van der Waals surface area (Å²) in [7, 11) is 0. The van der Waals surface area contributed by atoms with Crippen LogP contribution in [0.15, 0.2) is 33.3 Å². The number of alkyl halides is 3. The van der Waals surface area contributed by atoms with E-state index < -0.39 is 17.6 Å². The molecule has 11 heteroatoms. The molecular weight excluding hydrogens is 367 g/mol. The van der Waals surface area contributed by atoms with Crippen molar-refractivity contribution in [3.8, 4) is 22.8 Å². The van der Waals surface area contributed by atoms with Crippen molar-refractivity contribution >= 4 is 5.91 Å². The summed E-state index contributed by atoms with van der Waals surface area (Å²) in [6, 6.07) is 6.15. The fourth-order valence-electron chi connectivity index (χ4n) is 2.31. The molecule has 0 aliphatic rings. The van der Waals surface area contributed by atoms with Gasteiger partial charge in [-0.1, -0.05) is 22.4 Å². The van der Waals surface area contributed by atoms with Gasteiger partial charge in [-0.05, 0) is 26.0 Å². The maximum atomic E-state index is 12.5. The normalized spacial score (nSPS) is 12.2. The van der Waals surface area contributed by atoms with Gasteiger partial charge in [0.2, 0.25) is 11.7 Å². The van der Waals surface area contributed by atoms with E-state index in [-0.39, 0.29) is 23.4 Å². The molecule has 2 heterocycles. The number of amides is 1. The summed E-state index contributed by atoms with van der Waals surface area (Å²) in [5.41, 5.74) is 0.0403. The molecule has 142 valence electrons. The molecule has 2 aromatic heterocycles. The van der Waals surface area contributed by atoms with Gasteiger partial charge in [0.15, 0.2) is 5.82 Å². The number of hydrogen-bond acceptors (Lipinski definition) is 7. The van der Waals surface area contributed by atoms with Gasteiger partial charge in [0.1, 0.15) is 0 Å². The van der Waals surface area contributed by atoms with Crippen LogP contribution in [0.3, 0.4) is 0 Å². The third-order valence-corrected chi connectivity index (χ3v) is 3.53. The van der Waals surface area contributed by atoms with Gasteiger partial charge < -0.3 is 14.4 Å². The summed E-state index contributed by atoms with van der Waals surface area (Å²) in [4.78, 5) is 18.8. The molecule has 0 radical (unpaired) electrons. The number of aromatic nitrogens is 4. The summed E-state index contributed by atoms with van der Waals surface area (Å²) < 4.78 is 47.0. The van der Waals surface area contributed by atoms with E-state index in [1.165, 1.54) is 19.1 Å². The summed E-state index contributed by atoms with van der Waals surface area (Å²) in [5, 5.41) is 9.89. The Bertz CT molecular complexity index is 960. The largest absolute Gasteiger partial charge is 0.471 e. The minimum absolute atomic E-state index is 0.188. The lowest BCUT2D eigenvalue weighted by Crippen LogP contribution is -2.40. The van der Waals surface area contributed by atoms with Crippen LogP contribution in [-0.4, -0.2) is 26.2 Å². The van der Waals surface area contributed by atoms with Crippen LogP contribution in [0, 0.1) is 0 Å². The lowest BCUT2D eigenvalue weighted by Gasteiger charge is -2.20. The van der Waals surface area contributed by atoms with Crippen LogP contribution in [0.2, 0.25) is 0 Å². The van der Waals surface area contributed by atoms with Crippen LogP contribution in [0.5, 0.6) is 0 Å². The molecule has 0 aliphatic heterocycles. The van der Waals surface area contributed by atoms with E-state index in [0.29, 0.717) is 11.1 Å². The van der Waals surface area contributed by atoms with Crippen molar-refractivity contribution in [3.05, 3.63) is 36.0 Å². The maximum absolute atomic E-state index is 12.5. The second-order valence-electron chi connectivity index (χ2n) is 6.23. The van der Waals surface area contributed by atoms with E-state index >= 15 is 0 Å². The number of halogens is 3. The molecule has 0 saturated heterocycles. The Morgan fingerprint density at radius 2 is 1.63 bits per heavy atom. The van der Waals surface area contributed by atoms with Crippen molar-refractivity contribution in [1.29, 1.82) is 0 Å². The molecule has 8 nitrogen and oxygen atoms in total. The highest BCUT2D eigenvalue weighted by molar-refractivity contribution is 5.73. The third-order valence-electron chi connectivity index (χ3n) is 3.53. The Hall–Kier alpha value is -3.24. The predicted molar refractivity (Wildman–Crippen MR) is 84.9 cm³/mol. The Balaban J connectivity index is 1.82. The Kier molecular flexibility index (Phi) is 4.46. The first kappa shape index (κ1) is 18.5. The predicted octanol–water partition coefficient (Wildman–Crippen LogP) is 3.18. The molecule has 1 N–H and O–H groups in total. The molecule has 0 spiro atoms. The van der Waals surface area contributed by atoms with E-state index in [4.69, 9.17) is 4.52 Å². The minimum Gasteiger partial charge on any atom is -0.344 e. The lowest BCUT2D eigenvalue weighted by molar-refractivity contribution is -0.159. The molecule has 0 atom stereocenters. The second kappa shape index (κ2) is 6.49. The summed E-state index contributed by atoms with van der Waals surface area (Å²) in [6.07, 6.45) is -4.70. The van der Waals surface area contributed by atoms with Gasteiger partial charge in [0.05, 0.1) is 5.54 Å². The second-order valence-corrected chi connectivity index (χ2v) is 6.23. The van der Waals surface area contributed by atoms with Gasteiger partial charge in [-0.3, -0.25) is 4.79 Å². The zero-order valence-corrected chi connectivity index (χ0v) is 14.5. The molecule has 1 amide bonds. The first-order valence-corrected chi connectivity index (χ1v) is 7.71. The molecule has 1 aromatic carbocycles. The number of nitrogens with zero attached hydrogens (tertiary/aromatic N) is 4. The molecule has 0 saturated carbocycles. The summed E-state index contributed by atoms with van der Waals surface area (Å²) in [6.45, 7) is 4.82. The molecule has 0 bridgehead atoms. The average molecular weight is 381 g/mol. The van der Waals surface area contributed by atoms with Gasteiger partial charge in [-0.25, -0.2) is 0 Å². The molecule has 0 unspecified atom stereocenters. The zero-order valence-electron chi connectivity index (χ0n) is 14.5. The highest BCUT2D eigenvalue weighted by atomic mass is 19.4. The van der Waals surface area contributed by atoms with Crippen LogP contribution in [0.4, 0.5) is 13.2 Å². The fourth-order valence-corrected chi connectivity index (χ4v) is 2.31.